The zero-order valence-corrected chi connectivity index (χ0v) is 13.3. The highest BCUT2D eigenvalue weighted by Gasteiger charge is 2.45. The van der Waals surface area contributed by atoms with Crippen molar-refractivity contribution in [2.45, 2.75) is 25.7 Å². The third-order valence-corrected chi connectivity index (χ3v) is 4.18. The summed E-state index contributed by atoms with van der Waals surface area (Å²) in [6.07, 6.45) is 3.37. The Morgan fingerprint density at radius 3 is 2.68 bits per heavy atom. The normalized spacial score (nSPS) is 15.7. The number of ether oxygens (including phenoxy) is 1. The summed E-state index contributed by atoms with van der Waals surface area (Å²) in [5.41, 5.74) is -0.883. The van der Waals surface area contributed by atoms with Crippen LogP contribution in [0.3, 0.4) is 0 Å². The molecule has 1 aliphatic carbocycles. The van der Waals surface area contributed by atoms with Crippen LogP contribution in [0.15, 0.2) is 12.3 Å². The SMILES string of the molecule is O=C(CC1(C(=O)O)CCC1)NCCOc1ncc(Cl)cc1Cl. The molecule has 2 N–H and O–H groups in total. The Morgan fingerprint density at radius 1 is 1.41 bits per heavy atom. The molecule has 2 rings (SSSR count). The van der Waals surface area contributed by atoms with Gasteiger partial charge in [-0.3, -0.25) is 9.59 Å². The number of hydrogen-bond donors (Lipinski definition) is 2. The maximum atomic E-state index is 11.8. The van der Waals surface area contributed by atoms with E-state index in [1.54, 1.807) is 0 Å². The molecule has 120 valence electrons. The number of rotatable bonds is 7. The number of carboxylic acids is 1. The highest BCUT2D eigenvalue weighted by molar-refractivity contribution is 6.35. The fourth-order valence-corrected chi connectivity index (χ4v) is 2.72. The van der Waals surface area contributed by atoms with Gasteiger partial charge in [0.15, 0.2) is 0 Å². The highest BCUT2D eigenvalue weighted by Crippen LogP contribution is 2.44. The van der Waals surface area contributed by atoms with Gasteiger partial charge in [-0.25, -0.2) is 4.98 Å². The van der Waals surface area contributed by atoms with Crippen molar-refractivity contribution in [3.05, 3.63) is 22.3 Å². The summed E-state index contributed by atoms with van der Waals surface area (Å²) in [5, 5.41) is 12.5. The zero-order chi connectivity index (χ0) is 16.2. The average molecular weight is 347 g/mol. The monoisotopic (exact) mass is 346 g/mol. The van der Waals surface area contributed by atoms with Crippen molar-refractivity contribution in [1.82, 2.24) is 10.3 Å². The second-order valence-electron chi connectivity index (χ2n) is 5.25. The number of carbonyl (C=O) groups is 2. The first-order chi connectivity index (χ1) is 10.4. The molecule has 0 aromatic carbocycles. The van der Waals surface area contributed by atoms with E-state index in [1.165, 1.54) is 12.3 Å². The van der Waals surface area contributed by atoms with Crippen molar-refractivity contribution >= 4 is 35.1 Å². The van der Waals surface area contributed by atoms with Crippen molar-refractivity contribution in [2.24, 2.45) is 5.41 Å². The molecule has 1 aliphatic rings. The lowest BCUT2D eigenvalue weighted by Crippen LogP contribution is -2.43. The average Bonchev–Trinajstić information content (AvgIpc) is 2.40. The number of amides is 1. The van der Waals surface area contributed by atoms with Gasteiger partial charge in [0.1, 0.15) is 11.6 Å². The molecule has 0 bridgehead atoms. The van der Waals surface area contributed by atoms with E-state index in [2.05, 4.69) is 10.3 Å². The lowest BCUT2D eigenvalue weighted by Gasteiger charge is -2.36. The fourth-order valence-electron chi connectivity index (χ4n) is 2.29. The lowest BCUT2D eigenvalue weighted by atomic mass is 9.66. The van der Waals surface area contributed by atoms with Gasteiger partial charge in [-0.2, -0.15) is 0 Å². The van der Waals surface area contributed by atoms with Crippen LogP contribution in [0.5, 0.6) is 5.88 Å². The first kappa shape index (κ1) is 16.8. The topological polar surface area (TPSA) is 88.5 Å². The largest absolute Gasteiger partial charge is 0.481 e. The molecule has 0 radical (unpaired) electrons. The first-order valence-electron chi connectivity index (χ1n) is 6.87. The van der Waals surface area contributed by atoms with Gasteiger partial charge < -0.3 is 15.2 Å². The predicted molar refractivity (Wildman–Crippen MR) is 81.3 cm³/mol. The third-order valence-electron chi connectivity index (χ3n) is 3.70. The summed E-state index contributed by atoms with van der Waals surface area (Å²) >= 11 is 11.6. The molecule has 6 nitrogen and oxygen atoms in total. The molecule has 1 aromatic rings. The van der Waals surface area contributed by atoms with Crippen LogP contribution in [0, 0.1) is 5.41 Å². The maximum absolute atomic E-state index is 11.8. The number of halogens is 2. The van der Waals surface area contributed by atoms with Crippen LogP contribution >= 0.6 is 23.2 Å². The van der Waals surface area contributed by atoms with Crippen LogP contribution < -0.4 is 10.1 Å². The van der Waals surface area contributed by atoms with E-state index in [9.17, 15) is 9.59 Å². The Bertz CT molecular complexity index is 576. The number of pyridine rings is 1. The minimum atomic E-state index is -0.901. The highest BCUT2D eigenvalue weighted by atomic mass is 35.5. The van der Waals surface area contributed by atoms with Gasteiger partial charge in [0, 0.05) is 12.6 Å². The summed E-state index contributed by atoms with van der Waals surface area (Å²) in [6.45, 7) is 0.426. The second kappa shape index (κ2) is 7.15. The van der Waals surface area contributed by atoms with E-state index in [4.69, 9.17) is 33.0 Å². The number of aliphatic carboxylic acids is 1. The molecule has 0 aliphatic heterocycles. The quantitative estimate of drug-likeness (QED) is 0.740. The lowest BCUT2D eigenvalue weighted by molar-refractivity contribution is -0.157. The van der Waals surface area contributed by atoms with Gasteiger partial charge in [-0.1, -0.05) is 29.6 Å². The molecular formula is C14H16Cl2N2O4. The summed E-state index contributed by atoms with van der Waals surface area (Å²) in [6, 6.07) is 1.51. The number of aromatic nitrogens is 1. The van der Waals surface area contributed by atoms with Gasteiger partial charge in [0.25, 0.3) is 0 Å². The number of carboxylic acid groups (broad SMARTS) is 1. The Balaban J connectivity index is 1.72. The van der Waals surface area contributed by atoms with Crippen molar-refractivity contribution in [1.29, 1.82) is 0 Å². The van der Waals surface area contributed by atoms with Crippen LogP contribution in [0.1, 0.15) is 25.7 Å². The van der Waals surface area contributed by atoms with Gasteiger partial charge in [-0.15, -0.1) is 0 Å². The summed E-state index contributed by atoms with van der Waals surface area (Å²) in [5.74, 6) is -0.954. The minimum absolute atomic E-state index is 0.00227. The molecule has 0 unspecified atom stereocenters. The molecule has 1 aromatic heterocycles. The molecule has 8 heteroatoms. The molecule has 1 amide bonds. The smallest absolute Gasteiger partial charge is 0.310 e. The molecule has 1 fully saturated rings. The Hall–Kier alpha value is -1.53. The Kier molecular flexibility index (Phi) is 5.47. The van der Waals surface area contributed by atoms with Crippen LogP contribution in [0.4, 0.5) is 0 Å². The molecule has 0 atom stereocenters. The van der Waals surface area contributed by atoms with Gasteiger partial charge in [0.2, 0.25) is 11.8 Å². The minimum Gasteiger partial charge on any atom is -0.481 e. The molecule has 0 spiro atoms. The fraction of sp³-hybridized carbons (Fsp3) is 0.500. The predicted octanol–water partition coefficient (Wildman–Crippen LogP) is 2.53. The van der Waals surface area contributed by atoms with Gasteiger partial charge in [0.05, 0.1) is 17.0 Å². The van der Waals surface area contributed by atoms with Crippen LogP contribution in [0.25, 0.3) is 0 Å². The zero-order valence-electron chi connectivity index (χ0n) is 11.8. The van der Waals surface area contributed by atoms with Crippen molar-refractivity contribution in [3.63, 3.8) is 0 Å². The number of nitrogens with one attached hydrogen (secondary N) is 1. The third kappa shape index (κ3) is 4.01. The van der Waals surface area contributed by atoms with Crippen LogP contribution in [0.2, 0.25) is 10.0 Å². The molecular weight excluding hydrogens is 331 g/mol. The van der Waals surface area contributed by atoms with E-state index in [1.807, 2.05) is 0 Å². The maximum Gasteiger partial charge on any atom is 0.310 e. The second-order valence-corrected chi connectivity index (χ2v) is 6.10. The van der Waals surface area contributed by atoms with Crippen molar-refractivity contribution < 1.29 is 19.4 Å². The van der Waals surface area contributed by atoms with Gasteiger partial charge in [-0.05, 0) is 18.9 Å². The molecule has 0 saturated heterocycles. The number of hydrogen-bond acceptors (Lipinski definition) is 4. The van der Waals surface area contributed by atoms with Crippen molar-refractivity contribution in [2.75, 3.05) is 13.2 Å². The summed E-state index contributed by atoms with van der Waals surface area (Å²) < 4.78 is 5.33. The van der Waals surface area contributed by atoms with Crippen molar-refractivity contribution in [3.8, 4) is 5.88 Å². The molecule has 22 heavy (non-hydrogen) atoms. The number of carbonyl (C=O) groups excluding carboxylic acids is 1. The summed E-state index contributed by atoms with van der Waals surface area (Å²) in [4.78, 5) is 26.9. The summed E-state index contributed by atoms with van der Waals surface area (Å²) in [7, 11) is 0. The Labute approximate surface area is 137 Å². The standard InChI is InChI=1S/C14H16Cl2N2O4/c15-9-6-10(16)12(18-8-9)22-5-4-17-11(19)7-14(13(20)21)2-1-3-14/h6,8H,1-5,7H2,(H,17,19)(H,20,21). The number of nitrogens with zero attached hydrogens (tertiary/aromatic N) is 1. The van der Waals surface area contributed by atoms with E-state index in [0.717, 1.165) is 6.42 Å². The van der Waals surface area contributed by atoms with E-state index >= 15 is 0 Å². The first-order valence-corrected chi connectivity index (χ1v) is 7.62. The van der Waals surface area contributed by atoms with E-state index < -0.39 is 11.4 Å². The van der Waals surface area contributed by atoms with E-state index in [-0.39, 0.29) is 36.4 Å². The van der Waals surface area contributed by atoms with Gasteiger partial charge >= 0.3 is 5.97 Å². The van der Waals surface area contributed by atoms with E-state index in [0.29, 0.717) is 17.9 Å². The Morgan fingerprint density at radius 2 is 2.14 bits per heavy atom. The molecule has 1 saturated carbocycles. The van der Waals surface area contributed by atoms with Crippen LogP contribution in [-0.4, -0.2) is 35.1 Å². The van der Waals surface area contributed by atoms with Crippen LogP contribution in [-0.2, 0) is 9.59 Å². The molecule has 1 heterocycles.